The first-order valence-electron chi connectivity index (χ1n) is 6.67. The highest BCUT2D eigenvalue weighted by molar-refractivity contribution is 6.29. The Morgan fingerprint density at radius 3 is 2.74 bits per heavy atom. The number of nitrogens with one attached hydrogen (secondary N) is 1. The van der Waals surface area contributed by atoms with Crippen molar-refractivity contribution in [3.8, 4) is 0 Å². The summed E-state index contributed by atoms with van der Waals surface area (Å²) < 4.78 is 1.86. The molecule has 0 saturated heterocycles. The van der Waals surface area contributed by atoms with Crippen molar-refractivity contribution >= 4 is 17.6 Å². The Hall–Kier alpha value is -1.07. The van der Waals surface area contributed by atoms with Crippen molar-refractivity contribution < 1.29 is 9.90 Å². The molecule has 5 nitrogen and oxygen atoms in total. The number of carboxylic acids is 1. The molecule has 19 heavy (non-hydrogen) atoms. The Morgan fingerprint density at radius 1 is 1.53 bits per heavy atom. The molecule has 1 aliphatic carbocycles. The zero-order valence-corrected chi connectivity index (χ0v) is 11.9. The van der Waals surface area contributed by atoms with Crippen LogP contribution >= 0.6 is 11.6 Å². The Balaban J connectivity index is 1.70. The first kappa shape index (κ1) is 14.3. The molecule has 0 amide bonds. The van der Waals surface area contributed by atoms with Crippen LogP contribution < -0.4 is 5.32 Å². The fourth-order valence-corrected chi connectivity index (χ4v) is 2.74. The molecule has 0 aliphatic heterocycles. The van der Waals surface area contributed by atoms with Crippen molar-refractivity contribution in [1.29, 1.82) is 0 Å². The summed E-state index contributed by atoms with van der Waals surface area (Å²) in [4.78, 5) is 15.1. The smallest absolute Gasteiger partial charge is 0.306 e. The molecule has 0 unspecified atom stereocenters. The minimum atomic E-state index is -0.644. The molecule has 2 N–H and O–H groups in total. The lowest BCUT2D eigenvalue weighted by Gasteiger charge is -2.26. The van der Waals surface area contributed by atoms with Crippen molar-refractivity contribution in [3.63, 3.8) is 0 Å². The normalized spacial score (nSPS) is 23.5. The standard InChI is InChI=1S/C13H20ClN3O2/c1-17-11(14)7-16-12(17)8-15-6-9-2-4-10(5-3-9)13(18)19/h7,9-10,15H,2-6,8H2,1H3,(H,18,19). The monoisotopic (exact) mass is 285 g/mol. The fourth-order valence-electron chi connectivity index (χ4n) is 2.59. The second-order valence-corrected chi connectivity index (χ2v) is 5.63. The predicted octanol–water partition coefficient (Wildman–Crippen LogP) is 2.05. The zero-order chi connectivity index (χ0) is 13.8. The molecule has 0 spiro atoms. The molecule has 1 heterocycles. The maximum Gasteiger partial charge on any atom is 0.306 e. The van der Waals surface area contributed by atoms with Gasteiger partial charge >= 0.3 is 5.97 Å². The van der Waals surface area contributed by atoms with E-state index >= 15 is 0 Å². The number of carboxylic acid groups (broad SMARTS) is 1. The number of aliphatic carboxylic acids is 1. The van der Waals surface area contributed by atoms with Gasteiger partial charge in [0.15, 0.2) is 0 Å². The van der Waals surface area contributed by atoms with Gasteiger partial charge in [-0.2, -0.15) is 0 Å². The van der Waals surface area contributed by atoms with E-state index in [1.807, 2.05) is 11.6 Å². The SMILES string of the molecule is Cn1c(Cl)cnc1CNCC1CCC(C(=O)O)CC1. The quantitative estimate of drug-likeness (QED) is 0.869. The summed E-state index contributed by atoms with van der Waals surface area (Å²) in [5, 5.41) is 13.0. The van der Waals surface area contributed by atoms with Crippen molar-refractivity contribution in [2.75, 3.05) is 6.54 Å². The number of rotatable bonds is 5. The molecule has 0 aromatic carbocycles. The van der Waals surface area contributed by atoms with E-state index in [1.54, 1.807) is 6.20 Å². The second kappa shape index (κ2) is 6.39. The molecule has 1 fully saturated rings. The molecular formula is C13H20ClN3O2. The van der Waals surface area contributed by atoms with Crippen LogP contribution in [0, 0.1) is 11.8 Å². The third-order valence-electron chi connectivity index (χ3n) is 3.94. The van der Waals surface area contributed by atoms with Gasteiger partial charge in [0.25, 0.3) is 0 Å². The van der Waals surface area contributed by atoms with E-state index in [4.69, 9.17) is 16.7 Å². The summed E-state index contributed by atoms with van der Waals surface area (Å²) in [6.07, 6.45) is 5.24. The number of halogens is 1. The van der Waals surface area contributed by atoms with Crippen molar-refractivity contribution in [1.82, 2.24) is 14.9 Å². The Morgan fingerprint density at radius 2 is 2.21 bits per heavy atom. The maximum atomic E-state index is 10.9. The van der Waals surface area contributed by atoms with Gasteiger partial charge in [-0.05, 0) is 38.1 Å². The van der Waals surface area contributed by atoms with E-state index in [1.165, 1.54) is 0 Å². The van der Waals surface area contributed by atoms with Gasteiger partial charge in [0, 0.05) is 7.05 Å². The van der Waals surface area contributed by atoms with E-state index in [0.717, 1.165) is 38.1 Å². The molecule has 106 valence electrons. The van der Waals surface area contributed by atoms with Gasteiger partial charge < -0.3 is 15.0 Å². The Bertz CT molecular complexity index is 439. The molecule has 1 aromatic heterocycles. The minimum absolute atomic E-state index is 0.135. The van der Waals surface area contributed by atoms with Crippen molar-refractivity contribution in [2.45, 2.75) is 32.2 Å². The number of hydrogen-bond donors (Lipinski definition) is 2. The average Bonchev–Trinajstić information content (AvgIpc) is 2.71. The zero-order valence-electron chi connectivity index (χ0n) is 11.1. The topological polar surface area (TPSA) is 67.2 Å². The molecule has 0 bridgehead atoms. The molecule has 0 radical (unpaired) electrons. The van der Waals surface area contributed by atoms with Crippen LogP contribution in [0.2, 0.25) is 5.15 Å². The van der Waals surface area contributed by atoms with Crippen LogP contribution in [-0.4, -0.2) is 27.2 Å². The molecule has 6 heteroatoms. The highest BCUT2D eigenvalue weighted by atomic mass is 35.5. The summed E-state index contributed by atoms with van der Waals surface area (Å²) in [5.41, 5.74) is 0. The molecular weight excluding hydrogens is 266 g/mol. The maximum absolute atomic E-state index is 10.9. The van der Waals surface area contributed by atoms with Gasteiger partial charge in [-0.3, -0.25) is 4.79 Å². The van der Waals surface area contributed by atoms with E-state index < -0.39 is 5.97 Å². The Labute approximate surface area is 118 Å². The van der Waals surface area contributed by atoms with Crippen LogP contribution in [0.4, 0.5) is 0 Å². The van der Waals surface area contributed by atoms with Gasteiger partial charge in [-0.1, -0.05) is 11.6 Å². The van der Waals surface area contributed by atoms with Crippen LogP contribution in [0.1, 0.15) is 31.5 Å². The van der Waals surface area contributed by atoms with Crippen molar-refractivity contribution in [3.05, 3.63) is 17.2 Å². The number of aromatic nitrogens is 2. The lowest BCUT2D eigenvalue weighted by molar-refractivity contribution is -0.143. The van der Waals surface area contributed by atoms with E-state index in [9.17, 15) is 4.79 Å². The number of carbonyl (C=O) groups is 1. The van der Waals surface area contributed by atoms with Crippen LogP contribution in [-0.2, 0) is 18.4 Å². The second-order valence-electron chi connectivity index (χ2n) is 5.24. The fraction of sp³-hybridized carbons (Fsp3) is 0.692. The van der Waals surface area contributed by atoms with Crippen LogP contribution in [0.5, 0.6) is 0 Å². The van der Waals surface area contributed by atoms with E-state index in [-0.39, 0.29) is 5.92 Å². The van der Waals surface area contributed by atoms with Gasteiger partial charge in [-0.15, -0.1) is 0 Å². The molecule has 1 aliphatic rings. The lowest BCUT2D eigenvalue weighted by Crippen LogP contribution is -2.29. The molecule has 2 rings (SSSR count). The molecule has 0 atom stereocenters. The summed E-state index contributed by atoms with van der Waals surface area (Å²) in [6.45, 7) is 1.61. The summed E-state index contributed by atoms with van der Waals surface area (Å²) >= 11 is 5.92. The van der Waals surface area contributed by atoms with Gasteiger partial charge in [-0.25, -0.2) is 4.98 Å². The van der Waals surface area contributed by atoms with Gasteiger partial charge in [0.2, 0.25) is 0 Å². The summed E-state index contributed by atoms with van der Waals surface area (Å²) in [6, 6.07) is 0. The first-order chi connectivity index (χ1) is 9.08. The molecule has 1 aromatic rings. The first-order valence-corrected chi connectivity index (χ1v) is 7.05. The third-order valence-corrected chi connectivity index (χ3v) is 4.29. The minimum Gasteiger partial charge on any atom is -0.481 e. The largest absolute Gasteiger partial charge is 0.481 e. The van der Waals surface area contributed by atoms with Crippen LogP contribution in [0.3, 0.4) is 0 Å². The van der Waals surface area contributed by atoms with Crippen LogP contribution in [0.15, 0.2) is 6.20 Å². The third kappa shape index (κ3) is 3.70. The summed E-state index contributed by atoms with van der Waals surface area (Å²) in [5.74, 6) is 0.717. The van der Waals surface area contributed by atoms with Gasteiger partial charge in [0.1, 0.15) is 11.0 Å². The Kier molecular flexibility index (Phi) is 4.82. The highest BCUT2D eigenvalue weighted by Gasteiger charge is 2.25. The lowest BCUT2D eigenvalue weighted by atomic mass is 9.82. The number of hydrogen-bond acceptors (Lipinski definition) is 3. The highest BCUT2D eigenvalue weighted by Crippen LogP contribution is 2.28. The average molecular weight is 286 g/mol. The molecule has 1 saturated carbocycles. The van der Waals surface area contributed by atoms with E-state index in [2.05, 4.69) is 10.3 Å². The van der Waals surface area contributed by atoms with Crippen LogP contribution in [0.25, 0.3) is 0 Å². The number of nitrogens with zero attached hydrogens (tertiary/aromatic N) is 2. The number of imidazole rings is 1. The van der Waals surface area contributed by atoms with E-state index in [0.29, 0.717) is 17.6 Å². The van der Waals surface area contributed by atoms with Crippen molar-refractivity contribution in [2.24, 2.45) is 18.9 Å². The predicted molar refractivity (Wildman–Crippen MR) is 73.0 cm³/mol. The van der Waals surface area contributed by atoms with Gasteiger partial charge in [0.05, 0.1) is 18.7 Å². The summed E-state index contributed by atoms with van der Waals surface area (Å²) in [7, 11) is 1.89.